The highest BCUT2D eigenvalue weighted by Gasteiger charge is 2.24. The Kier molecular flexibility index (Phi) is 3.81. The van der Waals surface area contributed by atoms with Gasteiger partial charge >= 0.3 is 0 Å². The summed E-state index contributed by atoms with van der Waals surface area (Å²) in [6, 6.07) is 15.8. The molecule has 0 unspecified atom stereocenters. The zero-order valence-electron chi connectivity index (χ0n) is 16.6. The summed E-state index contributed by atoms with van der Waals surface area (Å²) in [6.45, 7) is 5.04. The molecule has 0 bridgehead atoms. The minimum atomic E-state index is 0.704. The summed E-state index contributed by atoms with van der Waals surface area (Å²) in [6.07, 6.45) is 1.06. The van der Waals surface area contributed by atoms with Crippen LogP contribution in [0.3, 0.4) is 0 Å². The van der Waals surface area contributed by atoms with Gasteiger partial charge in [0.1, 0.15) is 5.52 Å². The fraction of sp³-hybridized carbons (Fsp3) is 0.348. The molecule has 6 rings (SSSR count). The van der Waals surface area contributed by atoms with Gasteiger partial charge in [-0.15, -0.1) is 0 Å². The standard InChI is InChI=1S/C23H24N4O2/c1-25-20-5-3-2-4-17(20)18-8-9-27(15-21(18)25)16-6-7-22-19(14-16)24-23(29-22)26-10-12-28-13-11-26/h2-7,14H,8-13,15H2,1H3. The fourth-order valence-corrected chi connectivity index (χ4v) is 4.72. The van der Waals surface area contributed by atoms with Gasteiger partial charge in [0, 0.05) is 49.0 Å². The normalized spacial score (nSPS) is 17.3. The first kappa shape index (κ1) is 16.9. The highest BCUT2D eigenvalue weighted by molar-refractivity contribution is 5.86. The second kappa shape index (κ2) is 6.52. The van der Waals surface area contributed by atoms with Gasteiger partial charge in [0.05, 0.1) is 19.8 Å². The Morgan fingerprint density at radius 3 is 2.72 bits per heavy atom. The molecule has 6 heteroatoms. The second-order valence-electron chi connectivity index (χ2n) is 7.92. The number of fused-ring (bicyclic) bond motifs is 4. The molecule has 148 valence electrons. The highest BCUT2D eigenvalue weighted by atomic mass is 16.5. The molecule has 2 aliphatic rings. The number of aromatic nitrogens is 2. The van der Waals surface area contributed by atoms with Gasteiger partial charge in [0.2, 0.25) is 0 Å². The molecular formula is C23H24N4O2. The van der Waals surface area contributed by atoms with E-state index in [2.05, 4.69) is 63.9 Å². The van der Waals surface area contributed by atoms with E-state index in [-0.39, 0.29) is 0 Å². The van der Waals surface area contributed by atoms with E-state index >= 15 is 0 Å². The molecule has 0 aliphatic carbocycles. The SMILES string of the molecule is Cn1c2c(c3ccccc31)CCN(c1ccc3oc(N4CCOCC4)nc3c1)C2. The molecule has 6 nitrogen and oxygen atoms in total. The van der Waals surface area contributed by atoms with Crippen LogP contribution in [-0.4, -0.2) is 42.4 Å². The quantitative estimate of drug-likeness (QED) is 0.524. The summed E-state index contributed by atoms with van der Waals surface area (Å²) < 4.78 is 13.8. The molecule has 4 heterocycles. The molecule has 0 radical (unpaired) electrons. The maximum atomic E-state index is 6.00. The number of nitrogens with zero attached hydrogens (tertiary/aromatic N) is 4. The maximum Gasteiger partial charge on any atom is 0.298 e. The Balaban J connectivity index is 1.33. The summed E-state index contributed by atoms with van der Waals surface area (Å²) in [4.78, 5) is 9.37. The van der Waals surface area contributed by atoms with E-state index in [0.717, 1.165) is 56.9 Å². The number of benzene rings is 2. The Morgan fingerprint density at radius 1 is 0.966 bits per heavy atom. The maximum absolute atomic E-state index is 6.00. The van der Waals surface area contributed by atoms with Crippen LogP contribution in [0.1, 0.15) is 11.3 Å². The Morgan fingerprint density at radius 2 is 1.83 bits per heavy atom. The van der Waals surface area contributed by atoms with Crippen LogP contribution in [0.15, 0.2) is 46.9 Å². The van der Waals surface area contributed by atoms with Crippen LogP contribution >= 0.6 is 0 Å². The molecule has 0 amide bonds. The van der Waals surface area contributed by atoms with Gasteiger partial charge < -0.3 is 23.5 Å². The van der Waals surface area contributed by atoms with E-state index in [1.807, 2.05) is 0 Å². The van der Waals surface area contributed by atoms with Gasteiger partial charge in [0.25, 0.3) is 6.01 Å². The molecule has 0 spiro atoms. The van der Waals surface area contributed by atoms with Crippen molar-refractivity contribution in [2.45, 2.75) is 13.0 Å². The predicted octanol–water partition coefficient (Wildman–Crippen LogP) is 3.72. The third-order valence-electron chi connectivity index (χ3n) is 6.32. The first-order chi connectivity index (χ1) is 14.3. The first-order valence-electron chi connectivity index (χ1n) is 10.3. The number of morpholine rings is 1. The summed E-state index contributed by atoms with van der Waals surface area (Å²) in [7, 11) is 2.18. The van der Waals surface area contributed by atoms with Gasteiger partial charge in [-0.25, -0.2) is 0 Å². The number of hydrogen-bond acceptors (Lipinski definition) is 5. The Bertz CT molecular complexity index is 1200. The molecule has 0 saturated carbocycles. The Hall–Kier alpha value is -2.99. The number of hydrogen-bond donors (Lipinski definition) is 0. The van der Waals surface area contributed by atoms with Gasteiger partial charge in [-0.05, 0) is 36.2 Å². The average molecular weight is 388 g/mol. The summed E-state index contributed by atoms with van der Waals surface area (Å²) in [5, 5.41) is 1.40. The third kappa shape index (κ3) is 2.70. The van der Waals surface area contributed by atoms with Crippen molar-refractivity contribution >= 4 is 33.7 Å². The number of para-hydroxylation sites is 1. The van der Waals surface area contributed by atoms with Crippen molar-refractivity contribution in [3.05, 3.63) is 53.7 Å². The van der Waals surface area contributed by atoms with Gasteiger partial charge in [-0.3, -0.25) is 0 Å². The minimum absolute atomic E-state index is 0.704. The minimum Gasteiger partial charge on any atom is -0.423 e. The van der Waals surface area contributed by atoms with Gasteiger partial charge in [-0.1, -0.05) is 18.2 Å². The number of rotatable bonds is 2. The number of ether oxygens (including phenoxy) is 1. The number of aryl methyl sites for hydroxylation is 1. The lowest BCUT2D eigenvalue weighted by atomic mass is 10.0. The van der Waals surface area contributed by atoms with Crippen molar-refractivity contribution in [1.29, 1.82) is 0 Å². The zero-order chi connectivity index (χ0) is 19.4. The van der Waals surface area contributed by atoms with Gasteiger partial charge in [-0.2, -0.15) is 4.98 Å². The van der Waals surface area contributed by atoms with E-state index in [1.165, 1.54) is 27.8 Å². The molecule has 2 aromatic carbocycles. The van der Waals surface area contributed by atoms with Crippen LogP contribution in [0.2, 0.25) is 0 Å². The lowest BCUT2D eigenvalue weighted by molar-refractivity contribution is 0.120. The zero-order valence-corrected chi connectivity index (χ0v) is 16.6. The Labute approximate surface area is 169 Å². The molecular weight excluding hydrogens is 364 g/mol. The molecule has 0 atom stereocenters. The lowest BCUT2D eigenvalue weighted by Gasteiger charge is -2.30. The molecule has 4 aromatic rings. The van der Waals surface area contributed by atoms with Crippen molar-refractivity contribution in [2.75, 3.05) is 42.6 Å². The predicted molar refractivity (Wildman–Crippen MR) is 115 cm³/mol. The summed E-state index contributed by atoms with van der Waals surface area (Å²) >= 11 is 0. The third-order valence-corrected chi connectivity index (χ3v) is 6.32. The van der Waals surface area contributed by atoms with Crippen molar-refractivity contribution in [2.24, 2.45) is 7.05 Å². The lowest BCUT2D eigenvalue weighted by Crippen LogP contribution is -2.36. The van der Waals surface area contributed by atoms with E-state index < -0.39 is 0 Å². The average Bonchev–Trinajstić information content (AvgIpc) is 3.33. The van der Waals surface area contributed by atoms with Crippen molar-refractivity contribution in [3.8, 4) is 0 Å². The van der Waals surface area contributed by atoms with Crippen LogP contribution in [-0.2, 0) is 24.8 Å². The molecule has 1 saturated heterocycles. The van der Waals surface area contributed by atoms with E-state index in [4.69, 9.17) is 14.1 Å². The van der Waals surface area contributed by atoms with Crippen LogP contribution < -0.4 is 9.80 Å². The second-order valence-corrected chi connectivity index (χ2v) is 7.92. The van der Waals surface area contributed by atoms with E-state index in [1.54, 1.807) is 0 Å². The number of anilines is 2. The van der Waals surface area contributed by atoms with Crippen LogP contribution in [0.4, 0.5) is 11.7 Å². The van der Waals surface area contributed by atoms with Crippen LogP contribution in [0.5, 0.6) is 0 Å². The molecule has 29 heavy (non-hydrogen) atoms. The summed E-state index contributed by atoms with van der Waals surface area (Å²) in [5.74, 6) is 0. The largest absolute Gasteiger partial charge is 0.423 e. The molecule has 0 N–H and O–H groups in total. The molecule has 2 aromatic heterocycles. The smallest absolute Gasteiger partial charge is 0.298 e. The number of oxazole rings is 1. The van der Waals surface area contributed by atoms with Gasteiger partial charge in [0.15, 0.2) is 5.58 Å². The van der Waals surface area contributed by atoms with Crippen molar-refractivity contribution < 1.29 is 9.15 Å². The first-order valence-corrected chi connectivity index (χ1v) is 10.3. The highest BCUT2D eigenvalue weighted by Crippen LogP contribution is 2.33. The topological polar surface area (TPSA) is 46.7 Å². The van der Waals surface area contributed by atoms with Crippen LogP contribution in [0.25, 0.3) is 22.0 Å². The fourth-order valence-electron chi connectivity index (χ4n) is 4.72. The van der Waals surface area contributed by atoms with E-state index in [0.29, 0.717) is 6.01 Å². The van der Waals surface area contributed by atoms with Crippen molar-refractivity contribution in [1.82, 2.24) is 9.55 Å². The summed E-state index contributed by atoms with van der Waals surface area (Å²) in [5.41, 5.74) is 7.20. The monoisotopic (exact) mass is 388 g/mol. The van der Waals surface area contributed by atoms with E-state index in [9.17, 15) is 0 Å². The van der Waals surface area contributed by atoms with Crippen molar-refractivity contribution in [3.63, 3.8) is 0 Å². The van der Waals surface area contributed by atoms with Crippen LogP contribution in [0, 0.1) is 0 Å². The molecule has 1 fully saturated rings. The molecule has 2 aliphatic heterocycles.